The van der Waals surface area contributed by atoms with E-state index in [1.165, 1.54) is 12.1 Å². The predicted octanol–water partition coefficient (Wildman–Crippen LogP) is 4.48. The van der Waals surface area contributed by atoms with Gasteiger partial charge in [-0.3, -0.25) is 4.18 Å². The van der Waals surface area contributed by atoms with E-state index >= 15 is 0 Å². The van der Waals surface area contributed by atoms with E-state index in [1.54, 1.807) is 24.3 Å². The van der Waals surface area contributed by atoms with E-state index in [4.69, 9.17) is 8.92 Å². The van der Waals surface area contributed by atoms with E-state index < -0.39 is 39.7 Å². The Morgan fingerprint density at radius 1 is 0.793 bits per heavy atom. The maximum absolute atomic E-state index is 12.8. The normalized spacial score (nSPS) is 18.1. The highest BCUT2D eigenvalue weighted by Gasteiger charge is 2.55. The molecule has 148 valence electrons. The zero-order chi connectivity index (χ0) is 20.7. The van der Waals surface area contributed by atoms with Crippen LogP contribution in [-0.2, 0) is 20.9 Å². The molecule has 0 aliphatic carbocycles. The van der Waals surface area contributed by atoms with Crippen LogP contribution in [0.3, 0.4) is 0 Å². The lowest BCUT2D eigenvalue weighted by atomic mass is 9.77. The summed E-state index contributed by atoms with van der Waals surface area (Å²) in [6, 6.07) is 9.81. The Morgan fingerprint density at radius 3 is 1.86 bits per heavy atom. The Bertz CT molecular complexity index is 1190. The van der Waals surface area contributed by atoms with Crippen molar-refractivity contribution in [3.05, 3.63) is 62.0 Å². The predicted molar refractivity (Wildman–Crippen MR) is 109 cm³/mol. The van der Waals surface area contributed by atoms with Crippen LogP contribution in [0.4, 0.5) is 0 Å². The highest BCUT2D eigenvalue weighted by Crippen LogP contribution is 2.64. The molecule has 0 fully saturated rings. The molecule has 7 nitrogen and oxygen atoms in total. The van der Waals surface area contributed by atoms with E-state index in [9.17, 15) is 24.6 Å². The van der Waals surface area contributed by atoms with Crippen molar-refractivity contribution in [2.75, 3.05) is 0 Å². The minimum atomic E-state index is -1.86. The third-order valence-corrected chi connectivity index (χ3v) is 7.30. The van der Waals surface area contributed by atoms with Crippen molar-refractivity contribution < 1.29 is 33.6 Å². The highest BCUT2D eigenvalue weighted by molar-refractivity contribution is 9.11. The molecule has 3 aromatic carbocycles. The molecule has 0 radical (unpaired) electrons. The van der Waals surface area contributed by atoms with Crippen LogP contribution in [-0.4, -0.2) is 24.6 Å². The molecule has 2 aliphatic rings. The fourth-order valence-corrected chi connectivity index (χ4v) is 5.68. The number of fused-ring (bicyclic) bond motifs is 6. The molecule has 10 heteroatoms. The molecule has 0 amide bonds. The van der Waals surface area contributed by atoms with Gasteiger partial charge in [0.1, 0.15) is 0 Å². The van der Waals surface area contributed by atoms with Crippen LogP contribution < -0.4 is 4.74 Å². The first-order chi connectivity index (χ1) is 13.8. The number of hydrogen-bond donors (Lipinski definition) is 4. The fourth-order valence-electron chi connectivity index (χ4n) is 3.68. The lowest BCUT2D eigenvalue weighted by Gasteiger charge is -2.37. The van der Waals surface area contributed by atoms with Crippen molar-refractivity contribution in [2.24, 2.45) is 0 Å². The lowest BCUT2D eigenvalue weighted by Crippen LogP contribution is -2.32. The topological polar surface area (TPSA) is 116 Å². The van der Waals surface area contributed by atoms with Crippen LogP contribution in [0.15, 0.2) is 50.2 Å². The summed E-state index contributed by atoms with van der Waals surface area (Å²) >= 11 is 4.53. The second-order valence-electron chi connectivity index (χ2n) is 6.46. The minimum absolute atomic E-state index is 0.168. The molecule has 2 aliphatic heterocycles. The molecule has 0 aromatic heterocycles. The average Bonchev–Trinajstić information content (AvgIpc) is 3.00. The number of phenols is 4. The molecule has 2 heterocycles. The number of ether oxygens (including phenoxy) is 1. The molecule has 3 aromatic rings. The zero-order valence-electron chi connectivity index (χ0n) is 14.1. The third kappa shape index (κ3) is 2.28. The summed E-state index contributed by atoms with van der Waals surface area (Å²) in [5, 5.41) is 41.4. The van der Waals surface area contributed by atoms with Crippen LogP contribution in [0.2, 0.25) is 0 Å². The van der Waals surface area contributed by atoms with Gasteiger partial charge in [-0.15, -0.1) is 0 Å². The third-order valence-electron chi connectivity index (χ3n) is 4.97. The van der Waals surface area contributed by atoms with Gasteiger partial charge < -0.3 is 25.2 Å². The van der Waals surface area contributed by atoms with E-state index in [0.717, 1.165) is 0 Å². The van der Waals surface area contributed by atoms with Gasteiger partial charge in [-0.2, -0.15) is 0 Å². The minimum Gasteiger partial charge on any atom is -0.503 e. The molecular formula is C19H10Br2O7S. The average molecular weight is 542 g/mol. The molecular weight excluding hydrogens is 532 g/mol. The standard InChI is InChI=1S/C19H10Br2O7S/c20-10-5-8-17(15(24)13(10)22)27-18-9(6-11(21)14(23)16(18)25)19(8)7-3-1-2-4-12(7)29(26)28-19/h1-6,22-25H. The largest absolute Gasteiger partial charge is 0.503 e. The van der Waals surface area contributed by atoms with Gasteiger partial charge in [0.05, 0.1) is 13.8 Å². The van der Waals surface area contributed by atoms with Crippen LogP contribution in [0.25, 0.3) is 0 Å². The molecule has 0 bridgehead atoms. The lowest BCUT2D eigenvalue weighted by molar-refractivity contribution is 0.169. The summed E-state index contributed by atoms with van der Waals surface area (Å²) < 4.78 is 24.9. The first-order valence-corrected chi connectivity index (χ1v) is 10.8. The first-order valence-electron chi connectivity index (χ1n) is 8.15. The highest BCUT2D eigenvalue weighted by atomic mass is 79.9. The van der Waals surface area contributed by atoms with Crippen molar-refractivity contribution in [3.8, 4) is 34.5 Å². The monoisotopic (exact) mass is 540 g/mol. The maximum atomic E-state index is 12.8. The number of rotatable bonds is 0. The van der Waals surface area contributed by atoms with Gasteiger partial charge in [-0.25, -0.2) is 4.21 Å². The van der Waals surface area contributed by atoms with Gasteiger partial charge in [0, 0.05) is 16.7 Å². The molecule has 1 spiro atoms. The van der Waals surface area contributed by atoms with E-state index in [1.807, 2.05) is 0 Å². The van der Waals surface area contributed by atoms with Crippen molar-refractivity contribution in [1.29, 1.82) is 0 Å². The zero-order valence-corrected chi connectivity index (χ0v) is 18.1. The summed E-state index contributed by atoms with van der Waals surface area (Å²) in [5.74, 6) is -2.53. The summed E-state index contributed by atoms with van der Waals surface area (Å²) in [6.07, 6.45) is 0. The Labute approximate surface area is 183 Å². The molecule has 0 saturated carbocycles. The van der Waals surface area contributed by atoms with Gasteiger partial charge in [-0.1, -0.05) is 18.2 Å². The number of halogens is 2. The maximum Gasteiger partial charge on any atom is 0.202 e. The number of phenolic OH excluding ortho intramolecular Hbond substituents is 4. The van der Waals surface area contributed by atoms with Crippen molar-refractivity contribution in [3.63, 3.8) is 0 Å². The second-order valence-corrected chi connectivity index (χ2v) is 9.25. The van der Waals surface area contributed by atoms with Gasteiger partial charge in [0.25, 0.3) is 0 Å². The van der Waals surface area contributed by atoms with Crippen LogP contribution >= 0.6 is 31.9 Å². The smallest absolute Gasteiger partial charge is 0.202 e. The second kappa shape index (κ2) is 6.11. The summed E-state index contributed by atoms with van der Waals surface area (Å²) in [5.41, 5.74) is -0.491. The summed E-state index contributed by atoms with van der Waals surface area (Å²) in [7, 11) is 0. The Balaban J connectivity index is 1.99. The molecule has 5 rings (SSSR count). The Kier molecular flexibility index (Phi) is 3.95. The Hall–Kier alpha value is -2.27. The van der Waals surface area contributed by atoms with Gasteiger partial charge in [0.2, 0.25) is 11.5 Å². The van der Waals surface area contributed by atoms with E-state index in [0.29, 0.717) is 10.5 Å². The van der Waals surface area contributed by atoms with E-state index in [2.05, 4.69) is 31.9 Å². The first kappa shape index (κ1) is 18.7. The van der Waals surface area contributed by atoms with Gasteiger partial charge in [-0.05, 0) is 50.1 Å². The quantitative estimate of drug-likeness (QED) is 0.310. The van der Waals surface area contributed by atoms with Crippen LogP contribution in [0, 0.1) is 0 Å². The van der Waals surface area contributed by atoms with Crippen molar-refractivity contribution in [1.82, 2.24) is 0 Å². The van der Waals surface area contributed by atoms with Crippen molar-refractivity contribution >= 4 is 42.9 Å². The van der Waals surface area contributed by atoms with Crippen LogP contribution in [0.1, 0.15) is 16.7 Å². The Morgan fingerprint density at radius 2 is 1.31 bits per heavy atom. The molecule has 1 unspecified atom stereocenters. The molecule has 4 N–H and O–H groups in total. The molecule has 0 saturated heterocycles. The molecule has 29 heavy (non-hydrogen) atoms. The molecule has 1 atom stereocenters. The van der Waals surface area contributed by atoms with Crippen LogP contribution in [0.5, 0.6) is 34.5 Å². The number of aromatic hydroxyl groups is 4. The fraction of sp³-hybridized carbons (Fsp3) is 0.0526. The van der Waals surface area contributed by atoms with Gasteiger partial charge in [0.15, 0.2) is 39.7 Å². The summed E-state index contributed by atoms with van der Waals surface area (Å²) in [6.45, 7) is 0. The summed E-state index contributed by atoms with van der Waals surface area (Å²) in [4.78, 5) is 0.415. The number of hydrogen-bond acceptors (Lipinski definition) is 7. The van der Waals surface area contributed by atoms with Gasteiger partial charge >= 0.3 is 0 Å². The van der Waals surface area contributed by atoms with E-state index in [-0.39, 0.29) is 31.6 Å². The SMILES string of the molecule is O=S1OC2(c3ccccc31)c1cc(Br)c(O)c(O)c1Oc1c2cc(Br)c(O)c1O. The number of benzene rings is 3. The van der Waals surface area contributed by atoms with Crippen molar-refractivity contribution in [2.45, 2.75) is 10.5 Å².